The lowest BCUT2D eigenvalue weighted by molar-refractivity contribution is -0.136. The molecule has 0 aliphatic heterocycles. The van der Waals surface area contributed by atoms with E-state index in [0.717, 1.165) is 42.4 Å². The maximum absolute atomic E-state index is 14.0. The monoisotopic (exact) mass is 609 g/mol. The van der Waals surface area contributed by atoms with E-state index >= 15 is 0 Å². The summed E-state index contributed by atoms with van der Waals surface area (Å²) in [5, 5.41) is 0. The molecule has 7 nitrogen and oxygen atoms in total. The Kier molecular flexibility index (Phi) is 10.3. The molecule has 0 unspecified atom stereocenters. The van der Waals surface area contributed by atoms with Gasteiger partial charge in [0, 0.05) is 46.6 Å². The number of rotatable bonds is 11. The van der Waals surface area contributed by atoms with Crippen molar-refractivity contribution in [3.63, 3.8) is 0 Å². The van der Waals surface area contributed by atoms with Gasteiger partial charge in [-0.1, -0.05) is 47.3 Å². The number of amides is 2. The predicted octanol–water partition coefficient (Wildman–Crippen LogP) is 6.53. The average molecular weight is 611 g/mol. The molecule has 40 heavy (non-hydrogen) atoms. The Hall–Kier alpha value is -3.26. The van der Waals surface area contributed by atoms with E-state index < -0.39 is 0 Å². The summed E-state index contributed by atoms with van der Waals surface area (Å²) >= 11 is 3.51. The number of ether oxygens (including phenoxy) is 2. The Labute approximate surface area is 246 Å². The van der Waals surface area contributed by atoms with E-state index in [2.05, 4.69) is 44.9 Å². The highest BCUT2D eigenvalue weighted by molar-refractivity contribution is 9.10. The highest BCUT2D eigenvalue weighted by atomic mass is 79.9. The molecular weight excluding hydrogens is 570 g/mol. The lowest BCUT2D eigenvalue weighted by Gasteiger charge is -2.37. The smallest absolute Gasteiger partial charge is 0.254 e. The molecule has 8 heteroatoms. The zero-order chi connectivity index (χ0) is 28.6. The largest absolute Gasteiger partial charge is 0.497 e. The molecule has 0 N–H and O–H groups in total. The van der Waals surface area contributed by atoms with Crippen LogP contribution in [0.5, 0.6) is 11.5 Å². The number of hydrogen-bond donors (Lipinski definition) is 0. The van der Waals surface area contributed by atoms with Crippen LogP contribution in [-0.2, 0) is 17.9 Å². The van der Waals surface area contributed by atoms with Crippen LogP contribution >= 0.6 is 15.9 Å². The van der Waals surface area contributed by atoms with E-state index in [1.807, 2.05) is 36.9 Å². The van der Waals surface area contributed by atoms with Gasteiger partial charge in [-0.3, -0.25) is 9.59 Å². The SMILES string of the molecule is COc1cc(OC)cc(C(=O)N(CC(=O)N(Cc2cccn2Cc2ccc(Br)cc2)C2CCCCC2)C(C)C)c1. The van der Waals surface area contributed by atoms with Gasteiger partial charge in [0.15, 0.2) is 0 Å². The molecule has 0 atom stereocenters. The van der Waals surface area contributed by atoms with Gasteiger partial charge in [-0.2, -0.15) is 0 Å². The average Bonchev–Trinajstić information content (AvgIpc) is 3.41. The molecule has 214 valence electrons. The highest BCUT2D eigenvalue weighted by Crippen LogP contribution is 2.27. The minimum atomic E-state index is -0.220. The van der Waals surface area contributed by atoms with Crippen LogP contribution in [-0.4, -0.2) is 59.0 Å². The Morgan fingerprint density at radius 3 is 2.23 bits per heavy atom. The van der Waals surface area contributed by atoms with Crippen LogP contribution in [0.3, 0.4) is 0 Å². The van der Waals surface area contributed by atoms with Crippen LogP contribution < -0.4 is 9.47 Å². The third-order valence-corrected chi connectivity index (χ3v) is 8.17. The van der Waals surface area contributed by atoms with Gasteiger partial charge >= 0.3 is 0 Å². The minimum absolute atomic E-state index is 0.0138. The van der Waals surface area contributed by atoms with Crippen molar-refractivity contribution in [3.05, 3.63) is 82.1 Å². The van der Waals surface area contributed by atoms with Crippen LogP contribution in [0.15, 0.2) is 65.3 Å². The second-order valence-corrected chi connectivity index (χ2v) is 11.6. The van der Waals surface area contributed by atoms with Crippen molar-refractivity contribution in [3.8, 4) is 11.5 Å². The quantitative estimate of drug-likeness (QED) is 0.248. The van der Waals surface area contributed by atoms with Gasteiger partial charge in [0.25, 0.3) is 5.91 Å². The molecule has 4 rings (SSSR count). The van der Waals surface area contributed by atoms with Crippen LogP contribution in [0.1, 0.15) is 67.6 Å². The van der Waals surface area contributed by atoms with E-state index in [-0.39, 0.29) is 30.4 Å². The summed E-state index contributed by atoms with van der Waals surface area (Å²) in [6.07, 6.45) is 7.48. The molecule has 1 heterocycles. The van der Waals surface area contributed by atoms with Crippen molar-refractivity contribution in [2.24, 2.45) is 0 Å². The molecule has 1 saturated carbocycles. The number of halogens is 1. The molecule has 1 aliphatic rings. The van der Waals surface area contributed by atoms with Crippen molar-refractivity contribution in [1.82, 2.24) is 14.4 Å². The van der Waals surface area contributed by atoms with Gasteiger partial charge in [0.1, 0.15) is 18.0 Å². The first-order chi connectivity index (χ1) is 19.3. The van der Waals surface area contributed by atoms with Crippen molar-refractivity contribution in [1.29, 1.82) is 0 Å². The molecule has 0 spiro atoms. The number of benzene rings is 2. The van der Waals surface area contributed by atoms with Crippen LogP contribution in [0.2, 0.25) is 0 Å². The van der Waals surface area contributed by atoms with Crippen molar-refractivity contribution in [2.75, 3.05) is 20.8 Å². The molecule has 2 amide bonds. The number of methoxy groups -OCH3 is 2. The van der Waals surface area contributed by atoms with Crippen molar-refractivity contribution < 1.29 is 19.1 Å². The third-order valence-electron chi connectivity index (χ3n) is 7.65. The molecule has 2 aromatic carbocycles. The Balaban J connectivity index is 1.57. The van der Waals surface area contributed by atoms with Gasteiger partial charge in [0.2, 0.25) is 5.91 Å². The lowest BCUT2D eigenvalue weighted by Crippen LogP contribution is -2.49. The number of carbonyl (C=O) groups excluding carboxylic acids is 2. The lowest BCUT2D eigenvalue weighted by atomic mass is 9.94. The summed E-state index contributed by atoms with van der Waals surface area (Å²) in [4.78, 5) is 31.4. The summed E-state index contributed by atoms with van der Waals surface area (Å²) in [6.45, 7) is 5.14. The molecule has 1 aliphatic carbocycles. The predicted molar refractivity (Wildman–Crippen MR) is 161 cm³/mol. The van der Waals surface area contributed by atoms with Gasteiger partial charge in [-0.05, 0) is 68.7 Å². The molecule has 0 saturated heterocycles. The van der Waals surface area contributed by atoms with Crippen LogP contribution in [0, 0.1) is 0 Å². The Morgan fingerprint density at radius 2 is 1.62 bits per heavy atom. The fourth-order valence-electron chi connectivity index (χ4n) is 5.34. The second kappa shape index (κ2) is 13.9. The van der Waals surface area contributed by atoms with Crippen molar-refractivity contribution in [2.45, 2.75) is 71.1 Å². The van der Waals surface area contributed by atoms with Crippen LogP contribution in [0.25, 0.3) is 0 Å². The second-order valence-electron chi connectivity index (χ2n) is 10.7. The first-order valence-electron chi connectivity index (χ1n) is 14.0. The number of aromatic nitrogens is 1. The molecule has 0 bridgehead atoms. The summed E-state index contributed by atoms with van der Waals surface area (Å²) < 4.78 is 14.0. The molecule has 3 aromatic rings. The number of carbonyl (C=O) groups is 2. The third kappa shape index (κ3) is 7.47. The zero-order valence-corrected chi connectivity index (χ0v) is 25.5. The fraction of sp³-hybridized carbons (Fsp3) is 0.438. The molecular formula is C32H40BrN3O4. The van der Waals surface area contributed by atoms with Gasteiger partial charge in [-0.25, -0.2) is 0 Å². The van der Waals surface area contributed by atoms with E-state index in [9.17, 15) is 9.59 Å². The summed E-state index contributed by atoms with van der Waals surface area (Å²) in [7, 11) is 3.11. The van der Waals surface area contributed by atoms with Gasteiger partial charge in [-0.15, -0.1) is 0 Å². The van der Waals surface area contributed by atoms with Gasteiger partial charge in [0.05, 0.1) is 20.8 Å². The van der Waals surface area contributed by atoms with E-state index in [1.54, 1.807) is 37.3 Å². The van der Waals surface area contributed by atoms with Crippen molar-refractivity contribution >= 4 is 27.7 Å². The topological polar surface area (TPSA) is 64.0 Å². The molecule has 1 aromatic heterocycles. The summed E-state index contributed by atoms with van der Waals surface area (Å²) in [6, 6.07) is 17.6. The van der Waals surface area contributed by atoms with Gasteiger partial charge < -0.3 is 23.8 Å². The van der Waals surface area contributed by atoms with Crippen LogP contribution in [0.4, 0.5) is 0 Å². The zero-order valence-electron chi connectivity index (χ0n) is 23.9. The Bertz CT molecular complexity index is 1260. The minimum Gasteiger partial charge on any atom is -0.497 e. The first kappa shape index (κ1) is 29.7. The van der Waals surface area contributed by atoms with E-state index in [1.165, 1.54) is 12.0 Å². The normalized spacial score (nSPS) is 13.8. The number of hydrogen-bond acceptors (Lipinski definition) is 4. The molecule has 0 radical (unpaired) electrons. The Morgan fingerprint density at radius 1 is 0.975 bits per heavy atom. The maximum Gasteiger partial charge on any atom is 0.254 e. The maximum atomic E-state index is 14.0. The summed E-state index contributed by atoms with van der Waals surface area (Å²) in [5.41, 5.74) is 2.72. The molecule has 1 fully saturated rings. The fourth-order valence-corrected chi connectivity index (χ4v) is 5.61. The highest BCUT2D eigenvalue weighted by Gasteiger charge is 2.30. The standard InChI is InChI=1S/C32H40BrN3O4/c1-23(2)35(32(38)25-17-29(39-3)19-30(18-25)40-4)22-31(37)36(27-9-6-5-7-10-27)21-28-11-8-16-34(28)20-24-12-14-26(33)15-13-24/h8,11-19,23,27H,5-7,9-10,20-22H2,1-4H3. The number of nitrogens with zero attached hydrogens (tertiary/aromatic N) is 3. The summed E-state index contributed by atoms with van der Waals surface area (Å²) in [5.74, 6) is 0.823. The first-order valence-corrected chi connectivity index (χ1v) is 14.8. The van der Waals surface area contributed by atoms with E-state index in [0.29, 0.717) is 23.6 Å². The van der Waals surface area contributed by atoms with E-state index in [4.69, 9.17) is 9.47 Å².